The molecule has 1 heterocycles. The number of carbonyl (C=O) groups is 1. The van der Waals surface area contributed by atoms with Gasteiger partial charge in [0, 0.05) is 30.5 Å². The molecule has 0 amide bonds. The van der Waals surface area contributed by atoms with Gasteiger partial charge in [0.2, 0.25) is 11.9 Å². The number of anilines is 4. The molecule has 3 rings (SSSR count). The third kappa shape index (κ3) is 6.17. The van der Waals surface area contributed by atoms with Crippen LogP contribution in [0, 0.1) is 11.3 Å². The van der Waals surface area contributed by atoms with Crippen LogP contribution in [0.15, 0.2) is 54.1 Å². The van der Waals surface area contributed by atoms with Crippen LogP contribution in [0.25, 0.3) is 6.08 Å². The van der Waals surface area contributed by atoms with Gasteiger partial charge in [0.1, 0.15) is 11.6 Å². The van der Waals surface area contributed by atoms with Crippen molar-refractivity contribution >= 4 is 46.9 Å². The van der Waals surface area contributed by atoms with E-state index in [1.807, 2.05) is 37.2 Å². The molecule has 32 heavy (non-hydrogen) atoms. The average molecular weight is 450 g/mol. The van der Waals surface area contributed by atoms with Crippen molar-refractivity contribution in [1.82, 2.24) is 15.0 Å². The molecule has 0 aliphatic rings. The maximum atomic E-state index is 12.4. The topological polar surface area (TPSA) is 130 Å². The second-order valence-electron chi connectivity index (χ2n) is 6.80. The second kappa shape index (κ2) is 10.2. The number of nitrogens with zero attached hydrogens (tertiary/aromatic N) is 5. The van der Waals surface area contributed by atoms with Crippen molar-refractivity contribution < 1.29 is 9.53 Å². The minimum absolute atomic E-state index is 0.0421. The summed E-state index contributed by atoms with van der Waals surface area (Å²) in [5.41, 5.74) is 7.97. The molecule has 0 unspecified atom stereocenters. The van der Waals surface area contributed by atoms with Gasteiger partial charge in [-0.05, 0) is 48.0 Å². The first-order valence-corrected chi connectivity index (χ1v) is 9.81. The summed E-state index contributed by atoms with van der Waals surface area (Å²) in [5.74, 6) is -0.521. The summed E-state index contributed by atoms with van der Waals surface area (Å²) < 4.78 is 5.20. The lowest BCUT2D eigenvalue weighted by molar-refractivity contribution is -0.139. The van der Waals surface area contributed by atoms with Crippen LogP contribution >= 0.6 is 11.6 Å². The van der Waals surface area contributed by atoms with E-state index in [2.05, 4.69) is 20.3 Å². The number of esters is 1. The zero-order valence-electron chi connectivity index (χ0n) is 17.4. The van der Waals surface area contributed by atoms with Gasteiger partial charge in [0.05, 0.1) is 0 Å². The molecule has 0 atom stereocenters. The van der Waals surface area contributed by atoms with Crippen molar-refractivity contribution in [3.63, 3.8) is 0 Å². The van der Waals surface area contributed by atoms with Gasteiger partial charge in [0.25, 0.3) is 0 Å². The average Bonchev–Trinajstić information content (AvgIpc) is 2.77. The van der Waals surface area contributed by atoms with E-state index in [4.69, 9.17) is 22.1 Å². The Morgan fingerprint density at radius 1 is 1.16 bits per heavy atom. The van der Waals surface area contributed by atoms with Crippen LogP contribution in [0.3, 0.4) is 0 Å². The monoisotopic (exact) mass is 449 g/mol. The summed E-state index contributed by atoms with van der Waals surface area (Å²) in [6.07, 6.45) is 1.46. The Morgan fingerprint density at radius 2 is 1.84 bits per heavy atom. The van der Waals surface area contributed by atoms with Gasteiger partial charge in [-0.15, -0.1) is 0 Å². The number of nitrogens with one attached hydrogen (secondary N) is 1. The molecule has 0 spiro atoms. The highest BCUT2D eigenvalue weighted by molar-refractivity contribution is 6.30. The van der Waals surface area contributed by atoms with Gasteiger partial charge in [-0.1, -0.05) is 23.7 Å². The zero-order valence-corrected chi connectivity index (χ0v) is 18.2. The fourth-order valence-electron chi connectivity index (χ4n) is 2.60. The molecule has 2 aromatic carbocycles. The largest absolute Gasteiger partial charge is 0.453 e. The van der Waals surface area contributed by atoms with Crippen LogP contribution < -0.4 is 16.0 Å². The Labute approximate surface area is 190 Å². The fourth-order valence-corrected chi connectivity index (χ4v) is 2.73. The number of carbonyl (C=O) groups excluding carboxylic acids is 1. The predicted octanol–water partition coefficient (Wildman–Crippen LogP) is 3.57. The maximum absolute atomic E-state index is 12.4. The van der Waals surface area contributed by atoms with Gasteiger partial charge < -0.3 is 20.7 Å². The minimum atomic E-state index is -0.796. The predicted molar refractivity (Wildman–Crippen MR) is 123 cm³/mol. The number of benzene rings is 2. The highest BCUT2D eigenvalue weighted by Crippen LogP contribution is 2.18. The second-order valence-corrected chi connectivity index (χ2v) is 7.23. The van der Waals surface area contributed by atoms with Gasteiger partial charge >= 0.3 is 5.97 Å². The van der Waals surface area contributed by atoms with Crippen molar-refractivity contribution in [2.45, 2.75) is 6.61 Å². The molecule has 10 heteroatoms. The van der Waals surface area contributed by atoms with Gasteiger partial charge in [0.15, 0.2) is 12.4 Å². The first kappa shape index (κ1) is 22.5. The summed E-state index contributed by atoms with van der Waals surface area (Å²) in [6.45, 7) is -0.278. The van der Waals surface area contributed by atoms with Crippen molar-refractivity contribution in [1.29, 1.82) is 5.26 Å². The van der Waals surface area contributed by atoms with Crippen LogP contribution in [0.2, 0.25) is 5.02 Å². The maximum Gasteiger partial charge on any atom is 0.349 e. The third-order valence-electron chi connectivity index (χ3n) is 4.19. The molecule has 162 valence electrons. The van der Waals surface area contributed by atoms with Crippen molar-refractivity contribution in [2.75, 3.05) is 30.0 Å². The lowest BCUT2D eigenvalue weighted by Gasteiger charge is -2.11. The molecule has 0 saturated carbocycles. The number of hydrogen-bond donors (Lipinski definition) is 2. The molecule has 1 aromatic heterocycles. The van der Waals surface area contributed by atoms with E-state index in [9.17, 15) is 10.1 Å². The molecule has 3 N–H and O–H groups in total. The summed E-state index contributed by atoms with van der Waals surface area (Å²) in [5, 5.41) is 12.9. The summed E-state index contributed by atoms with van der Waals surface area (Å²) in [4.78, 5) is 26.5. The quantitative estimate of drug-likeness (QED) is 0.315. The highest BCUT2D eigenvalue weighted by atomic mass is 35.5. The van der Waals surface area contributed by atoms with Crippen LogP contribution in [-0.4, -0.2) is 35.0 Å². The Bertz CT molecular complexity index is 1170. The number of halogens is 1. The lowest BCUT2D eigenvalue weighted by Crippen LogP contribution is -2.12. The number of nitrogen functional groups attached to an aromatic ring is 1. The van der Waals surface area contributed by atoms with E-state index in [-0.39, 0.29) is 29.9 Å². The number of rotatable bonds is 7. The smallest absolute Gasteiger partial charge is 0.349 e. The Hall–Kier alpha value is -4.16. The van der Waals surface area contributed by atoms with E-state index < -0.39 is 5.97 Å². The highest BCUT2D eigenvalue weighted by Gasteiger charge is 2.13. The number of nitriles is 1. The standard InChI is InChI=1S/C22H20ClN7O2/c1-30(2)18-9-3-14(4-10-18)11-15(12-24)20(31)32-13-19-27-21(25)29-22(28-19)26-17-7-5-16(23)6-8-17/h3-11H,13H2,1-2H3,(H3,25,26,27,28,29)/b15-11+. The first-order valence-electron chi connectivity index (χ1n) is 9.43. The van der Waals surface area contributed by atoms with E-state index >= 15 is 0 Å². The molecule has 3 aromatic rings. The van der Waals surface area contributed by atoms with Gasteiger partial charge in [-0.2, -0.15) is 20.2 Å². The summed E-state index contributed by atoms with van der Waals surface area (Å²) in [6, 6.07) is 16.2. The molecule has 0 bridgehead atoms. The Kier molecular flexibility index (Phi) is 7.21. The fraction of sp³-hybridized carbons (Fsp3) is 0.136. The SMILES string of the molecule is CN(C)c1ccc(/C=C(\C#N)C(=O)OCc2nc(N)nc(Nc3ccc(Cl)cc3)n2)cc1. The number of ether oxygens (including phenoxy) is 1. The number of nitrogens with two attached hydrogens (primary N) is 1. The molecule has 0 aliphatic heterocycles. The van der Waals surface area contributed by atoms with Crippen LogP contribution in [-0.2, 0) is 16.1 Å². The van der Waals surface area contributed by atoms with Crippen LogP contribution in [0.4, 0.5) is 23.3 Å². The first-order chi connectivity index (χ1) is 15.3. The normalized spacial score (nSPS) is 10.9. The Balaban J connectivity index is 1.68. The van der Waals surface area contributed by atoms with Crippen LogP contribution in [0.1, 0.15) is 11.4 Å². The van der Waals surface area contributed by atoms with Gasteiger partial charge in [-0.3, -0.25) is 0 Å². The Morgan fingerprint density at radius 3 is 2.47 bits per heavy atom. The van der Waals surface area contributed by atoms with E-state index in [0.29, 0.717) is 16.3 Å². The molecule has 0 saturated heterocycles. The third-order valence-corrected chi connectivity index (χ3v) is 4.44. The molecule has 0 aliphatic carbocycles. The van der Waals surface area contributed by atoms with Crippen LogP contribution in [0.5, 0.6) is 0 Å². The summed E-state index contributed by atoms with van der Waals surface area (Å²) >= 11 is 5.88. The van der Waals surface area contributed by atoms with E-state index in [0.717, 1.165) is 5.69 Å². The minimum Gasteiger partial charge on any atom is -0.453 e. The lowest BCUT2D eigenvalue weighted by atomic mass is 10.1. The number of hydrogen-bond acceptors (Lipinski definition) is 9. The molecular formula is C22H20ClN7O2. The molecule has 0 radical (unpaired) electrons. The van der Waals surface area contributed by atoms with E-state index in [1.54, 1.807) is 36.4 Å². The zero-order chi connectivity index (χ0) is 23.1. The molecular weight excluding hydrogens is 430 g/mol. The van der Waals surface area contributed by atoms with E-state index in [1.165, 1.54) is 6.08 Å². The van der Waals surface area contributed by atoms with Crippen molar-refractivity contribution in [3.8, 4) is 6.07 Å². The van der Waals surface area contributed by atoms with Crippen molar-refractivity contribution in [2.24, 2.45) is 0 Å². The number of aromatic nitrogens is 3. The summed E-state index contributed by atoms with van der Waals surface area (Å²) in [7, 11) is 3.85. The van der Waals surface area contributed by atoms with Crippen molar-refractivity contribution in [3.05, 3.63) is 70.5 Å². The molecule has 0 fully saturated rings. The van der Waals surface area contributed by atoms with Gasteiger partial charge in [-0.25, -0.2) is 4.79 Å². The molecule has 9 nitrogen and oxygen atoms in total.